The molecule has 2 aromatic heterocycles. The molecular formula is C14H19N3OS. The first kappa shape index (κ1) is 12.8. The van der Waals surface area contributed by atoms with Gasteiger partial charge in [0, 0.05) is 19.3 Å². The number of aryl methyl sites for hydroxylation is 1. The minimum absolute atomic E-state index is 0.810. The summed E-state index contributed by atoms with van der Waals surface area (Å²) in [6.45, 7) is 5.07. The van der Waals surface area contributed by atoms with Crippen LogP contribution in [0.3, 0.4) is 0 Å². The quantitative estimate of drug-likeness (QED) is 0.931. The molecule has 5 heteroatoms. The zero-order valence-electron chi connectivity index (χ0n) is 11.2. The van der Waals surface area contributed by atoms with Crippen LogP contribution in [-0.2, 0) is 6.54 Å². The number of nitrogens with zero attached hydrogens (tertiary/aromatic N) is 2. The van der Waals surface area contributed by atoms with Crippen molar-refractivity contribution in [1.82, 2.24) is 15.4 Å². The Bertz CT molecular complexity index is 528. The van der Waals surface area contributed by atoms with E-state index in [-0.39, 0.29) is 0 Å². The molecule has 0 unspecified atom stereocenters. The largest absolute Gasteiger partial charge is 0.460 e. The third kappa shape index (κ3) is 3.23. The van der Waals surface area contributed by atoms with Crippen LogP contribution in [0.4, 0.5) is 0 Å². The minimum Gasteiger partial charge on any atom is -0.460 e. The minimum atomic E-state index is 0.810. The Morgan fingerprint density at radius 2 is 2.16 bits per heavy atom. The van der Waals surface area contributed by atoms with Crippen LogP contribution in [0.25, 0.3) is 10.6 Å². The van der Waals surface area contributed by atoms with E-state index in [0.29, 0.717) is 0 Å². The Labute approximate surface area is 117 Å². The number of hydrogen-bond acceptors (Lipinski definition) is 5. The molecule has 1 saturated heterocycles. The summed E-state index contributed by atoms with van der Waals surface area (Å²) in [4.78, 5) is 5.56. The van der Waals surface area contributed by atoms with Gasteiger partial charge in [-0.25, -0.2) is 15.4 Å². The molecule has 0 aromatic carbocycles. The van der Waals surface area contributed by atoms with Gasteiger partial charge in [0.05, 0.1) is 11.4 Å². The first-order valence-corrected chi connectivity index (χ1v) is 7.63. The van der Waals surface area contributed by atoms with Gasteiger partial charge in [-0.1, -0.05) is 6.42 Å². The van der Waals surface area contributed by atoms with Crippen LogP contribution in [0.2, 0.25) is 0 Å². The van der Waals surface area contributed by atoms with Gasteiger partial charge >= 0.3 is 0 Å². The first-order valence-electron chi connectivity index (χ1n) is 6.81. The van der Waals surface area contributed by atoms with Gasteiger partial charge in [0.25, 0.3) is 0 Å². The Morgan fingerprint density at radius 3 is 2.89 bits per heavy atom. The molecule has 1 aliphatic heterocycles. The zero-order valence-corrected chi connectivity index (χ0v) is 12.0. The molecule has 102 valence electrons. The van der Waals surface area contributed by atoms with E-state index in [2.05, 4.69) is 15.4 Å². The lowest BCUT2D eigenvalue weighted by molar-refractivity contribution is 0.151. The van der Waals surface area contributed by atoms with Crippen molar-refractivity contribution in [2.24, 2.45) is 0 Å². The monoisotopic (exact) mass is 277 g/mol. The Morgan fingerprint density at radius 1 is 1.32 bits per heavy atom. The molecule has 3 rings (SSSR count). The molecular weight excluding hydrogens is 258 g/mol. The third-order valence-electron chi connectivity index (χ3n) is 3.35. The molecule has 2 aromatic rings. The number of aromatic nitrogens is 1. The highest BCUT2D eigenvalue weighted by molar-refractivity contribution is 7.15. The Balaban J connectivity index is 1.58. The second-order valence-electron chi connectivity index (χ2n) is 4.91. The number of hydrazine groups is 1. The predicted octanol–water partition coefficient (Wildman–Crippen LogP) is 3.20. The van der Waals surface area contributed by atoms with Crippen LogP contribution >= 0.6 is 11.3 Å². The third-order valence-corrected chi connectivity index (χ3v) is 4.36. The lowest BCUT2D eigenvalue weighted by atomic mass is 10.2. The molecule has 0 atom stereocenters. The van der Waals surface area contributed by atoms with Gasteiger partial charge in [0.1, 0.15) is 16.5 Å². The van der Waals surface area contributed by atoms with Crippen LogP contribution in [0, 0.1) is 6.92 Å². The van der Waals surface area contributed by atoms with Crippen LogP contribution in [-0.4, -0.2) is 23.1 Å². The van der Waals surface area contributed by atoms with Gasteiger partial charge in [-0.05, 0) is 31.9 Å². The van der Waals surface area contributed by atoms with Crippen molar-refractivity contribution in [1.29, 1.82) is 0 Å². The summed E-state index contributed by atoms with van der Waals surface area (Å²) >= 11 is 1.69. The summed E-state index contributed by atoms with van der Waals surface area (Å²) in [6, 6.07) is 3.99. The molecule has 1 N–H and O–H groups in total. The predicted molar refractivity (Wildman–Crippen MR) is 76.8 cm³/mol. The maximum absolute atomic E-state index is 5.62. The molecule has 0 radical (unpaired) electrons. The van der Waals surface area contributed by atoms with Crippen molar-refractivity contribution < 1.29 is 4.42 Å². The molecule has 1 aliphatic rings. The van der Waals surface area contributed by atoms with Crippen LogP contribution in [0.1, 0.15) is 30.0 Å². The lowest BCUT2D eigenvalue weighted by Crippen LogP contribution is -2.41. The number of thiazole rings is 1. The molecule has 4 nitrogen and oxygen atoms in total. The van der Waals surface area contributed by atoms with E-state index in [4.69, 9.17) is 4.42 Å². The molecule has 0 spiro atoms. The van der Waals surface area contributed by atoms with Crippen molar-refractivity contribution in [2.75, 3.05) is 13.1 Å². The van der Waals surface area contributed by atoms with Crippen molar-refractivity contribution >= 4 is 11.3 Å². The fourth-order valence-corrected chi connectivity index (χ4v) is 3.12. The van der Waals surface area contributed by atoms with Gasteiger partial charge in [-0.3, -0.25) is 0 Å². The molecule has 0 saturated carbocycles. The average Bonchev–Trinajstić information content (AvgIpc) is 3.06. The van der Waals surface area contributed by atoms with Gasteiger partial charge in [-0.15, -0.1) is 11.3 Å². The molecule has 0 bridgehead atoms. The summed E-state index contributed by atoms with van der Waals surface area (Å²) in [6.07, 6.45) is 5.84. The van der Waals surface area contributed by atoms with Crippen molar-refractivity contribution in [2.45, 2.75) is 32.7 Å². The SMILES string of the molecule is Cc1ccc(-c2cnc(CNN3CCCCC3)s2)o1. The van der Waals surface area contributed by atoms with E-state index in [0.717, 1.165) is 41.0 Å². The maximum Gasteiger partial charge on any atom is 0.145 e. The van der Waals surface area contributed by atoms with Gasteiger partial charge in [-0.2, -0.15) is 0 Å². The van der Waals surface area contributed by atoms with Crippen LogP contribution < -0.4 is 5.43 Å². The molecule has 0 amide bonds. The van der Waals surface area contributed by atoms with Crippen LogP contribution in [0.5, 0.6) is 0 Å². The number of piperidine rings is 1. The molecule has 1 fully saturated rings. The highest BCUT2D eigenvalue weighted by Crippen LogP contribution is 2.27. The number of nitrogens with one attached hydrogen (secondary N) is 1. The van der Waals surface area contributed by atoms with Gasteiger partial charge in [0.15, 0.2) is 0 Å². The van der Waals surface area contributed by atoms with Crippen molar-refractivity contribution in [3.63, 3.8) is 0 Å². The van der Waals surface area contributed by atoms with Gasteiger partial charge < -0.3 is 4.42 Å². The highest BCUT2D eigenvalue weighted by Gasteiger charge is 2.11. The zero-order chi connectivity index (χ0) is 13.1. The van der Waals surface area contributed by atoms with Gasteiger partial charge in [0.2, 0.25) is 0 Å². The summed E-state index contributed by atoms with van der Waals surface area (Å²) < 4.78 is 5.62. The van der Waals surface area contributed by atoms with Crippen LogP contribution in [0.15, 0.2) is 22.7 Å². The smallest absolute Gasteiger partial charge is 0.145 e. The Hall–Kier alpha value is -1.17. The first-order chi connectivity index (χ1) is 9.31. The topological polar surface area (TPSA) is 41.3 Å². The maximum atomic E-state index is 5.62. The summed E-state index contributed by atoms with van der Waals surface area (Å²) in [7, 11) is 0. The summed E-state index contributed by atoms with van der Waals surface area (Å²) in [5, 5.41) is 3.41. The van der Waals surface area contributed by atoms with E-state index in [9.17, 15) is 0 Å². The average molecular weight is 277 g/mol. The second-order valence-corrected chi connectivity index (χ2v) is 6.03. The van der Waals surface area contributed by atoms with E-state index in [1.54, 1.807) is 11.3 Å². The van der Waals surface area contributed by atoms with E-state index in [1.807, 2.05) is 25.3 Å². The van der Waals surface area contributed by atoms with E-state index >= 15 is 0 Å². The summed E-state index contributed by atoms with van der Waals surface area (Å²) in [5.74, 6) is 1.86. The fourth-order valence-electron chi connectivity index (χ4n) is 2.30. The van der Waals surface area contributed by atoms with E-state index < -0.39 is 0 Å². The highest BCUT2D eigenvalue weighted by atomic mass is 32.1. The Kier molecular flexibility index (Phi) is 3.96. The number of rotatable bonds is 4. The standard InChI is InChI=1S/C14H19N3OS/c1-11-5-6-12(18-11)13-9-15-14(19-13)10-16-17-7-3-2-4-8-17/h5-6,9,16H,2-4,7-8,10H2,1H3. The fraction of sp³-hybridized carbons (Fsp3) is 0.500. The normalized spacial score (nSPS) is 16.9. The van der Waals surface area contributed by atoms with Crippen molar-refractivity contribution in [3.05, 3.63) is 29.1 Å². The number of hydrogen-bond donors (Lipinski definition) is 1. The second kappa shape index (κ2) is 5.86. The lowest BCUT2D eigenvalue weighted by Gasteiger charge is -2.26. The van der Waals surface area contributed by atoms with Crippen molar-refractivity contribution in [3.8, 4) is 10.6 Å². The number of furan rings is 1. The molecule has 19 heavy (non-hydrogen) atoms. The van der Waals surface area contributed by atoms with E-state index in [1.165, 1.54) is 19.3 Å². The summed E-state index contributed by atoms with van der Waals surface area (Å²) in [5.41, 5.74) is 3.46. The molecule has 3 heterocycles. The molecule has 0 aliphatic carbocycles.